The van der Waals surface area contributed by atoms with Crippen LogP contribution < -0.4 is 10.4 Å². The largest absolute Gasteiger partial charge is 0.484 e. The summed E-state index contributed by atoms with van der Waals surface area (Å²) in [6, 6.07) is 21.9. The Morgan fingerprint density at radius 1 is 0.966 bits per heavy atom. The predicted molar refractivity (Wildman–Crippen MR) is 114 cm³/mol. The lowest BCUT2D eigenvalue weighted by molar-refractivity contribution is 0.0921. The summed E-state index contributed by atoms with van der Waals surface area (Å²) in [6.45, 7) is 1.63. The minimum absolute atomic E-state index is 0.175. The van der Waals surface area contributed by atoms with Crippen LogP contribution in [0.1, 0.15) is 15.9 Å². The van der Waals surface area contributed by atoms with E-state index >= 15 is 0 Å². The molecule has 0 aliphatic heterocycles. The van der Waals surface area contributed by atoms with E-state index in [1.54, 1.807) is 25.1 Å². The van der Waals surface area contributed by atoms with Crippen LogP contribution >= 0.6 is 11.6 Å². The van der Waals surface area contributed by atoms with E-state index in [1.165, 1.54) is 12.1 Å². The van der Waals surface area contributed by atoms with Gasteiger partial charge in [-0.1, -0.05) is 66.2 Å². The van der Waals surface area contributed by atoms with Gasteiger partial charge in [-0.2, -0.15) is 0 Å². The summed E-state index contributed by atoms with van der Waals surface area (Å²) in [7, 11) is 0. The van der Waals surface area contributed by atoms with E-state index in [0.29, 0.717) is 21.9 Å². The van der Waals surface area contributed by atoms with Gasteiger partial charge in [0.1, 0.15) is 11.3 Å². The van der Waals surface area contributed by atoms with Crippen LogP contribution in [-0.4, -0.2) is 12.4 Å². The Kier molecular flexibility index (Phi) is 5.19. The molecule has 0 amide bonds. The average Bonchev–Trinajstić information content (AvgIpc) is 2.73. The monoisotopic (exact) mass is 404 g/mol. The molecule has 0 bridgehead atoms. The molecule has 0 spiro atoms. The molecule has 0 aliphatic carbocycles. The Balaban J connectivity index is 1.51. The van der Waals surface area contributed by atoms with Crippen LogP contribution in [0.25, 0.3) is 22.1 Å². The van der Waals surface area contributed by atoms with Crippen LogP contribution in [0.3, 0.4) is 0 Å². The van der Waals surface area contributed by atoms with Crippen LogP contribution in [0.4, 0.5) is 0 Å². The van der Waals surface area contributed by atoms with E-state index in [2.05, 4.69) is 0 Å². The number of fused-ring (bicyclic) bond motifs is 1. The molecular weight excluding hydrogens is 388 g/mol. The number of aryl methyl sites for hydroxylation is 1. The second-order valence-corrected chi connectivity index (χ2v) is 7.09. The lowest BCUT2D eigenvalue weighted by Gasteiger charge is -2.10. The minimum atomic E-state index is -0.446. The third-order valence-electron chi connectivity index (χ3n) is 4.68. The van der Waals surface area contributed by atoms with Crippen LogP contribution in [0.2, 0.25) is 5.02 Å². The highest BCUT2D eigenvalue weighted by Crippen LogP contribution is 2.31. The maximum Gasteiger partial charge on any atom is 0.336 e. The van der Waals surface area contributed by atoms with Crippen molar-refractivity contribution in [2.24, 2.45) is 0 Å². The Bertz CT molecular complexity index is 1240. The van der Waals surface area contributed by atoms with Gasteiger partial charge in [-0.3, -0.25) is 4.79 Å². The molecule has 29 heavy (non-hydrogen) atoms. The summed E-state index contributed by atoms with van der Waals surface area (Å²) in [5.74, 6) is 0.119. The first-order chi connectivity index (χ1) is 14.0. The first-order valence-electron chi connectivity index (χ1n) is 9.07. The van der Waals surface area contributed by atoms with E-state index in [1.807, 2.05) is 42.5 Å². The zero-order valence-corrected chi connectivity index (χ0v) is 16.4. The fraction of sp³-hybridized carbons (Fsp3) is 0.0833. The van der Waals surface area contributed by atoms with E-state index in [-0.39, 0.29) is 12.4 Å². The van der Waals surface area contributed by atoms with Crippen molar-refractivity contribution in [2.75, 3.05) is 6.61 Å². The molecular formula is C24H17ClO4. The maximum absolute atomic E-state index is 12.5. The minimum Gasteiger partial charge on any atom is -0.484 e. The molecule has 4 aromatic rings. The number of Topliss-reactive ketones (excluding diaryl/α,β-unsaturated/α-hetero) is 1. The molecule has 144 valence electrons. The van der Waals surface area contributed by atoms with Crippen LogP contribution in [0, 0.1) is 6.92 Å². The molecule has 0 saturated carbocycles. The number of halogens is 1. The number of hydrogen-bond acceptors (Lipinski definition) is 4. The predicted octanol–water partition coefficient (Wildman–Crippen LogP) is 5.68. The summed E-state index contributed by atoms with van der Waals surface area (Å²) < 4.78 is 10.8. The van der Waals surface area contributed by atoms with Gasteiger partial charge < -0.3 is 9.15 Å². The van der Waals surface area contributed by atoms with Crippen LogP contribution in [0.5, 0.6) is 5.75 Å². The van der Waals surface area contributed by atoms with Crippen molar-refractivity contribution in [1.82, 2.24) is 0 Å². The van der Waals surface area contributed by atoms with Crippen molar-refractivity contribution in [3.63, 3.8) is 0 Å². The van der Waals surface area contributed by atoms with Gasteiger partial charge in [0, 0.05) is 23.1 Å². The van der Waals surface area contributed by atoms with Crippen LogP contribution in [-0.2, 0) is 0 Å². The second kappa shape index (κ2) is 7.94. The van der Waals surface area contributed by atoms with E-state index in [0.717, 1.165) is 22.1 Å². The molecule has 0 fully saturated rings. The van der Waals surface area contributed by atoms with Gasteiger partial charge in [-0.25, -0.2) is 4.79 Å². The number of carbonyl (C=O) groups is 1. The molecule has 0 unspecified atom stereocenters. The number of rotatable bonds is 5. The average molecular weight is 405 g/mol. The number of benzene rings is 3. The summed E-state index contributed by atoms with van der Waals surface area (Å²) in [6.07, 6.45) is 0. The molecule has 0 atom stereocenters. The smallest absolute Gasteiger partial charge is 0.336 e. The highest BCUT2D eigenvalue weighted by Gasteiger charge is 2.12. The summed E-state index contributed by atoms with van der Waals surface area (Å²) in [5, 5.41) is 1.08. The summed E-state index contributed by atoms with van der Waals surface area (Å²) >= 11 is 6.28. The van der Waals surface area contributed by atoms with Gasteiger partial charge in [-0.05, 0) is 29.7 Å². The zero-order valence-electron chi connectivity index (χ0n) is 15.6. The molecule has 4 rings (SSSR count). The van der Waals surface area contributed by atoms with Gasteiger partial charge in [0.05, 0.1) is 5.02 Å². The molecule has 0 radical (unpaired) electrons. The van der Waals surface area contributed by atoms with E-state index in [9.17, 15) is 9.59 Å². The normalized spacial score (nSPS) is 10.8. The summed E-state index contributed by atoms with van der Waals surface area (Å²) in [4.78, 5) is 24.1. The molecule has 0 aliphatic rings. The first kappa shape index (κ1) is 19.0. The highest BCUT2D eigenvalue weighted by molar-refractivity contribution is 6.32. The molecule has 0 saturated heterocycles. The summed E-state index contributed by atoms with van der Waals surface area (Å²) in [5.41, 5.74) is 3.35. The second-order valence-electron chi connectivity index (χ2n) is 6.68. The Morgan fingerprint density at radius 2 is 1.66 bits per heavy atom. The number of carbonyl (C=O) groups excluding carboxylic acids is 1. The quantitative estimate of drug-likeness (QED) is 0.317. The zero-order chi connectivity index (χ0) is 20.4. The first-order valence-corrected chi connectivity index (χ1v) is 9.44. The SMILES string of the molecule is Cc1cc(=O)oc2cc(OCC(=O)c3ccc(-c4ccccc4)cc3)c(Cl)cc12. The van der Waals surface area contributed by atoms with Crippen LogP contribution in [0.15, 0.2) is 82.0 Å². The molecule has 4 nitrogen and oxygen atoms in total. The van der Waals surface area contributed by atoms with Gasteiger partial charge in [0.2, 0.25) is 0 Å². The molecule has 3 aromatic carbocycles. The molecule has 0 N–H and O–H groups in total. The fourth-order valence-electron chi connectivity index (χ4n) is 3.14. The topological polar surface area (TPSA) is 56.5 Å². The van der Waals surface area contributed by atoms with E-state index in [4.69, 9.17) is 20.8 Å². The van der Waals surface area contributed by atoms with Crippen molar-refractivity contribution in [3.8, 4) is 16.9 Å². The van der Waals surface area contributed by atoms with Crippen molar-refractivity contribution in [1.29, 1.82) is 0 Å². The van der Waals surface area contributed by atoms with Gasteiger partial charge >= 0.3 is 5.63 Å². The number of ether oxygens (including phenoxy) is 1. The van der Waals surface area contributed by atoms with Crippen molar-refractivity contribution >= 4 is 28.4 Å². The molecule has 1 heterocycles. The fourth-order valence-corrected chi connectivity index (χ4v) is 3.35. The number of hydrogen-bond donors (Lipinski definition) is 0. The third kappa shape index (κ3) is 4.08. The van der Waals surface area contributed by atoms with Gasteiger partial charge in [0.15, 0.2) is 12.4 Å². The lowest BCUT2D eigenvalue weighted by Crippen LogP contribution is -2.11. The van der Waals surface area contributed by atoms with Gasteiger partial charge in [-0.15, -0.1) is 0 Å². The Hall–Kier alpha value is -3.37. The Morgan fingerprint density at radius 3 is 2.38 bits per heavy atom. The molecule has 5 heteroatoms. The standard InChI is InChI=1S/C24H17ClO4/c1-15-11-24(27)29-22-13-23(20(25)12-19(15)22)28-14-21(26)18-9-7-17(8-10-18)16-5-3-2-4-6-16/h2-13H,14H2,1H3. The maximum atomic E-state index is 12.5. The number of ketones is 1. The van der Waals surface area contributed by atoms with Crippen molar-refractivity contribution in [3.05, 3.63) is 99.4 Å². The lowest BCUT2D eigenvalue weighted by atomic mass is 10.0. The van der Waals surface area contributed by atoms with E-state index < -0.39 is 5.63 Å². The Labute approximate surface area is 172 Å². The third-order valence-corrected chi connectivity index (χ3v) is 4.97. The van der Waals surface area contributed by atoms with Crippen molar-refractivity contribution in [2.45, 2.75) is 6.92 Å². The highest BCUT2D eigenvalue weighted by atomic mass is 35.5. The van der Waals surface area contributed by atoms with Crippen molar-refractivity contribution < 1.29 is 13.9 Å². The van der Waals surface area contributed by atoms with Gasteiger partial charge in [0.25, 0.3) is 0 Å². The molecule has 1 aromatic heterocycles.